The molecule has 0 spiro atoms. The Kier molecular flexibility index (Phi) is 7.21. The molecule has 0 unspecified atom stereocenters. The number of amides is 2. The van der Waals surface area contributed by atoms with Crippen molar-refractivity contribution in [1.82, 2.24) is 15.5 Å². The molecule has 144 valence electrons. The molecule has 0 bridgehead atoms. The third-order valence-electron chi connectivity index (χ3n) is 5.10. The average Bonchev–Trinajstić information content (AvgIpc) is 2.62. The van der Waals surface area contributed by atoms with Gasteiger partial charge in [-0.2, -0.15) is 0 Å². The fourth-order valence-corrected chi connectivity index (χ4v) is 3.34. The van der Waals surface area contributed by atoms with E-state index >= 15 is 0 Å². The van der Waals surface area contributed by atoms with E-state index in [9.17, 15) is 9.59 Å². The van der Waals surface area contributed by atoms with E-state index in [2.05, 4.69) is 31.4 Å². The van der Waals surface area contributed by atoms with Gasteiger partial charge in [0.05, 0.1) is 0 Å². The molecule has 5 nitrogen and oxygen atoms in total. The van der Waals surface area contributed by atoms with E-state index in [1.54, 1.807) is 0 Å². The highest BCUT2D eigenvalue weighted by Crippen LogP contribution is 2.22. The van der Waals surface area contributed by atoms with Crippen molar-refractivity contribution in [3.8, 4) is 0 Å². The van der Waals surface area contributed by atoms with Gasteiger partial charge in [-0.25, -0.2) is 0 Å². The molecule has 1 saturated heterocycles. The highest BCUT2D eigenvalue weighted by Gasteiger charge is 2.22. The standard InChI is InChI=1S/C21H33N3O2/c1-21(2,3)18-7-5-17(6-8-18)20(26)23-12-9-19(25)24-13-10-16(11-14-24)15-22-4/h5-8,16,22H,9-15H2,1-4H3,(H,23,26). The van der Waals surface area contributed by atoms with Crippen LogP contribution in [0, 0.1) is 5.92 Å². The molecule has 1 aromatic rings. The van der Waals surface area contributed by atoms with Crippen LogP contribution >= 0.6 is 0 Å². The first-order valence-corrected chi connectivity index (χ1v) is 9.62. The molecule has 5 heteroatoms. The lowest BCUT2D eigenvalue weighted by atomic mass is 9.87. The SMILES string of the molecule is CNCC1CCN(C(=O)CCNC(=O)c2ccc(C(C)(C)C)cc2)CC1. The number of benzene rings is 1. The fourth-order valence-electron chi connectivity index (χ4n) is 3.34. The molecule has 0 radical (unpaired) electrons. The normalized spacial score (nSPS) is 15.8. The summed E-state index contributed by atoms with van der Waals surface area (Å²) in [5.74, 6) is 0.682. The van der Waals surface area contributed by atoms with Gasteiger partial charge in [-0.15, -0.1) is 0 Å². The van der Waals surface area contributed by atoms with Crippen LogP contribution in [0.15, 0.2) is 24.3 Å². The first-order chi connectivity index (χ1) is 12.3. The Morgan fingerprint density at radius 2 is 1.73 bits per heavy atom. The Hall–Kier alpha value is -1.88. The van der Waals surface area contributed by atoms with Crippen LogP contribution in [0.5, 0.6) is 0 Å². The van der Waals surface area contributed by atoms with Crippen LogP contribution in [0.25, 0.3) is 0 Å². The van der Waals surface area contributed by atoms with Gasteiger partial charge in [-0.3, -0.25) is 9.59 Å². The summed E-state index contributed by atoms with van der Waals surface area (Å²) in [5, 5.41) is 6.06. The molecule has 1 fully saturated rings. The smallest absolute Gasteiger partial charge is 0.251 e. The molecule has 0 aliphatic carbocycles. The maximum Gasteiger partial charge on any atom is 0.251 e. The lowest BCUT2D eigenvalue weighted by Gasteiger charge is -2.32. The van der Waals surface area contributed by atoms with Gasteiger partial charge in [0, 0.05) is 31.6 Å². The van der Waals surface area contributed by atoms with Gasteiger partial charge in [0.15, 0.2) is 0 Å². The number of carbonyl (C=O) groups is 2. The number of nitrogens with zero attached hydrogens (tertiary/aromatic N) is 1. The van der Waals surface area contributed by atoms with Crippen molar-refractivity contribution >= 4 is 11.8 Å². The van der Waals surface area contributed by atoms with Crippen molar-refractivity contribution in [2.24, 2.45) is 5.92 Å². The van der Waals surface area contributed by atoms with Gasteiger partial charge >= 0.3 is 0 Å². The van der Waals surface area contributed by atoms with E-state index < -0.39 is 0 Å². The highest BCUT2D eigenvalue weighted by atomic mass is 16.2. The Balaban J connectivity index is 1.73. The summed E-state index contributed by atoms with van der Waals surface area (Å²) >= 11 is 0. The molecule has 1 heterocycles. The van der Waals surface area contributed by atoms with Crippen LogP contribution in [0.3, 0.4) is 0 Å². The van der Waals surface area contributed by atoms with Crippen molar-refractivity contribution in [1.29, 1.82) is 0 Å². The zero-order chi connectivity index (χ0) is 19.2. The first kappa shape index (κ1) is 20.4. The second-order valence-electron chi connectivity index (χ2n) is 8.22. The Labute approximate surface area is 157 Å². The summed E-state index contributed by atoms with van der Waals surface area (Å²) in [6.07, 6.45) is 2.47. The van der Waals surface area contributed by atoms with Crippen molar-refractivity contribution in [2.75, 3.05) is 33.2 Å². The van der Waals surface area contributed by atoms with Crippen LogP contribution in [0.2, 0.25) is 0 Å². The first-order valence-electron chi connectivity index (χ1n) is 9.62. The maximum atomic E-state index is 12.3. The number of hydrogen-bond donors (Lipinski definition) is 2. The van der Waals surface area contributed by atoms with Gasteiger partial charge in [-0.05, 0) is 55.5 Å². The van der Waals surface area contributed by atoms with E-state index in [4.69, 9.17) is 0 Å². The van der Waals surface area contributed by atoms with Crippen LogP contribution in [0.1, 0.15) is 56.0 Å². The van der Waals surface area contributed by atoms with E-state index in [0.717, 1.165) is 32.5 Å². The molecule has 2 amide bonds. The molecular weight excluding hydrogens is 326 g/mol. The van der Waals surface area contributed by atoms with E-state index in [1.165, 1.54) is 5.56 Å². The minimum Gasteiger partial charge on any atom is -0.352 e. The predicted octanol–water partition coefficient (Wildman–Crippen LogP) is 2.56. The third kappa shape index (κ3) is 5.84. The summed E-state index contributed by atoms with van der Waals surface area (Å²) in [5.41, 5.74) is 1.91. The molecule has 0 saturated carbocycles. The quantitative estimate of drug-likeness (QED) is 0.821. The zero-order valence-corrected chi connectivity index (χ0v) is 16.6. The monoisotopic (exact) mass is 359 g/mol. The van der Waals surface area contributed by atoms with Crippen molar-refractivity contribution in [2.45, 2.75) is 45.4 Å². The van der Waals surface area contributed by atoms with E-state index in [1.807, 2.05) is 36.2 Å². The molecule has 0 aromatic heterocycles. The van der Waals surface area contributed by atoms with Crippen LogP contribution in [0.4, 0.5) is 0 Å². The number of likely N-dealkylation sites (tertiary alicyclic amines) is 1. The Morgan fingerprint density at radius 1 is 1.12 bits per heavy atom. The summed E-state index contributed by atoms with van der Waals surface area (Å²) in [6, 6.07) is 7.69. The lowest BCUT2D eigenvalue weighted by Crippen LogP contribution is -2.41. The van der Waals surface area contributed by atoms with Crippen molar-refractivity contribution in [3.63, 3.8) is 0 Å². The largest absolute Gasteiger partial charge is 0.352 e. The zero-order valence-electron chi connectivity index (χ0n) is 16.6. The summed E-state index contributed by atoms with van der Waals surface area (Å²) in [6.45, 7) is 9.50. The molecule has 2 rings (SSSR count). The number of rotatable bonds is 6. The fraction of sp³-hybridized carbons (Fsp3) is 0.619. The summed E-state index contributed by atoms with van der Waals surface area (Å²) in [7, 11) is 1.97. The van der Waals surface area contributed by atoms with Crippen LogP contribution in [-0.4, -0.2) is 49.9 Å². The Morgan fingerprint density at radius 3 is 2.27 bits per heavy atom. The van der Waals surface area contributed by atoms with Crippen molar-refractivity contribution in [3.05, 3.63) is 35.4 Å². The Bertz CT molecular complexity index is 597. The molecule has 1 aliphatic rings. The van der Waals surface area contributed by atoms with Gasteiger partial charge in [0.1, 0.15) is 0 Å². The number of nitrogens with one attached hydrogen (secondary N) is 2. The maximum absolute atomic E-state index is 12.3. The van der Waals surface area contributed by atoms with Crippen LogP contribution < -0.4 is 10.6 Å². The minimum atomic E-state index is -0.119. The number of hydrogen-bond acceptors (Lipinski definition) is 3. The predicted molar refractivity (Wildman–Crippen MR) is 105 cm³/mol. The van der Waals surface area contributed by atoms with Gasteiger partial charge < -0.3 is 15.5 Å². The highest BCUT2D eigenvalue weighted by molar-refractivity contribution is 5.94. The molecule has 1 aliphatic heterocycles. The molecule has 26 heavy (non-hydrogen) atoms. The molecular formula is C21H33N3O2. The molecule has 1 aromatic carbocycles. The van der Waals surface area contributed by atoms with Crippen LogP contribution in [-0.2, 0) is 10.2 Å². The topological polar surface area (TPSA) is 61.4 Å². The van der Waals surface area contributed by atoms with E-state index in [0.29, 0.717) is 24.4 Å². The minimum absolute atomic E-state index is 0.0715. The average molecular weight is 360 g/mol. The number of piperidine rings is 1. The van der Waals surface area contributed by atoms with Gasteiger partial charge in [-0.1, -0.05) is 32.9 Å². The molecule has 0 atom stereocenters. The molecule has 2 N–H and O–H groups in total. The van der Waals surface area contributed by atoms with E-state index in [-0.39, 0.29) is 17.2 Å². The van der Waals surface area contributed by atoms with Gasteiger partial charge in [0.2, 0.25) is 5.91 Å². The van der Waals surface area contributed by atoms with Gasteiger partial charge in [0.25, 0.3) is 5.91 Å². The number of carbonyl (C=O) groups excluding carboxylic acids is 2. The summed E-state index contributed by atoms with van der Waals surface area (Å²) < 4.78 is 0. The second kappa shape index (κ2) is 9.17. The summed E-state index contributed by atoms with van der Waals surface area (Å²) in [4.78, 5) is 26.5. The third-order valence-corrected chi connectivity index (χ3v) is 5.10. The van der Waals surface area contributed by atoms with Crippen molar-refractivity contribution < 1.29 is 9.59 Å². The lowest BCUT2D eigenvalue weighted by molar-refractivity contribution is -0.132. The second-order valence-corrected chi connectivity index (χ2v) is 8.22.